The minimum atomic E-state index is -0.222. The maximum atomic E-state index is 13.0. The summed E-state index contributed by atoms with van der Waals surface area (Å²) in [5.74, 6) is -0.152. The number of aromatic nitrogens is 4. The van der Waals surface area contributed by atoms with Gasteiger partial charge >= 0.3 is 0 Å². The summed E-state index contributed by atoms with van der Waals surface area (Å²) < 4.78 is 2.95. The van der Waals surface area contributed by atoms with Crippen molar-refractivity contribution in [3.05, 3.63) is 52.2 Å². The molecule has 1 aliphatic rings. The number of hydrogen-bond acceptors (Lipinski definition) is 4. The topological polar surface area (TPSA) is 73.0 Å². The van der Waals surface area contributed by atoms with Gasteiger partial charge < -0.3 is 9.47 Å². The van der Waals surface area contributed by atoms with Crippen molar-refractivity contribution in [2.24, 2.45) is 7.05 Å². The van der Waals surface area contributed by atoms with Crippen molar-refractivity contribution in [1.82, 2.24) is 24.2 Å². The zero-order valence-electron chi connectivity index (χ0n) is 15.0. The summed E-state index contributed by atoms with van der Waals surface area (Å²) >= 11 is 0. The fourth-order valence-electron chi connectivity index (χ4n) is 3.35. The Morgan fingerprint density at radius 2 is 1.77 bits per heavy atom. The molecule has 0 atom stereocenters. The van der Waals surface area contributed by atoms with Crippen molar-refractivity contribution in [3.63, 3.8) is 0 Å². The van der Waals surface area contributed by atoms with E-state index in [9.17, 15) is 9.59 Å². The average molecular weight is 351 g/mol. The predicted molar refractivity (Wildman–Crippen MR) is 98.6 cm³/mol. The SMILES string of the molecule is Cc1ccc(-n2nc(C(=O)N3CCCCC3)c3ncn(C)c(=O)c32)cc1. The van der Waals surface area contributed by atoms with Gasteiger partial charge in [-0.2, -0.15) is 5.10 Å². The molecule has 1 aliphatic heterocycles. The van der Waals surface area contributed by atoms with Crippen LogP contribution in [0.5, 0.6) is 0 Å². The van der Waals surface area contributed by atoms with Gasteiger partial charge in [-0.25, -0.2) is 9.67 Å². The van der Waals surface area contributed by atoms with Gasteiger partial charge in [-0.1, -0.05) is 17.7 Å². The highest BCUT2D eigenvalue weighted by atomic mass is 16.2. The number of nitrogens with zero attached hydrogens (tertiary/aromatic N) is 5. The molecule has 1 aromatic carbocycles. The van der Waals surface area contributed by atoms with Crippen LogP contribution >= 0.6 is 0 Å². The van der Waals surface area contributed by atoms with Gasteiger partial charge in [-0.05, 0) is 38.3 Å². The van der Waals surface area contributed by atoms with Crippen LogP contribution in [0.1, 0.15) is 35.3 Å². The second-order valence-electron chi connectivity index (χ2n) is 6.81. The van der Waals surface area contributed by atoms with Gasteiger partial charge in [0.25, 0.3) is 11.5 Å². The quantitative estimate of drug-likeness (QED) is 0.708. The van der Waals surface area contributed by atoms with Crippen molar-refractivity contribution in [2.75, 3.05) is 13.1 Å². The molecule has 1 amide bonds. The number of fused-ring (bicyclic) bond motifs is 1. The lowest BCUT2D eigenvalue weighted by atomic mass is 10.1. The third-order valence-electron chi connectivity index (χ3n) is 4.87. The number of aryl methyl sites for hydroxylation is 2. The van der Waals surface area contributed by atoms with E-state index in [2.05, 4.69) is 10.1 Å². The molecule has 26 heavy (non-hydrogen) atoms. The largest absolute Gasteiger partial charge is 0.337 e. The van der Waals surface area contributed by atoms with Crippen LogP contribution in [-0.2, 0) is 7.05 Å². The Hall–Kier alpha value is -2.96. The van der Waals surface area contributed by atoms with Crippen LogP contribution in [0.2, 0.25) is 0 Å². The molecule has 7 heteroatoms. The first-order valence-corrected chi connectivity index (χ1v) is 8.87. The van der Waals surface area contributed by atoms with Crippen LogP contribution in [0.25, 0.3) is 16.7 Å². The average Bonchev–Trinajstić information content (AvgIpc) is 3.05. The van der Waals surface area contributed by atoms with E-state index in [1.807, 2.05) is 36.1 Å². The lowest BCUT2D eigenvalue weighted by molar-refractivity contribution is 0.0719. The van der Waals surface area contributed by atoms with Crippen molar-refractivity contribution in [2.45, 2.75) is 26.2 Å². The molecule has 0 bridgehead atoms. The highest BCUT2D eigenvalue weighted by Crippen LogP contribution is 2.21. The molecule has 134 valence electrons. The molecule has 0 aliphatic carbocycles. The smallest absolute Gasteiger partial charge is 0.279 e. The second kappa shape index (κ2) is 6.40. The molecule has 7 nitrogen and oxygen atoms in total. The van der Waals surface area contributed by atoms with Crippen molar-refractivity contribution < 1.29 is 4.79 Å². The van der Waals surface area contributed by atoms with Crippen LogP contribution < -0.4 is 5.56 Å². The predicted octanol–water partition coefficient (Wildman–Crippen LogP) is 2.05. The number of likely N-dealkylation sites (tertiary alicyclic amines) is 1. The molecule has 1 fully saturated rings. The summed E-state index contributed by atoms with van der Waals surface area (Å²) in [6.45, 7) is 3.45. The summed E-state index contributed by atoms with van der Waals surface area (Å²) in [6.07, 6.45) is 4.58. The van der Waals surface area contributed by atoms with Gasteiger partial charge in [0, 0.05) is 20.1 Å². The zero-order valence-corrected chi connectivity index (χ0v) is 15.0. The molecule has 0 N–H and O–H groups in total. The maximum absolute atomic E-state index is 13.0. The number of rotatable bonds is 2. The lowest BCUT2D eigenvalue weighted by Crippen LogP contribution is -2.36. The molecule has 0 radical (unpaired) electrons. The van der Waals surface area contributed by atoms with E-state index in [1.165, 1.54) is 10.9 Å². The molecular formula is C19H21N5O2. The van der Waals surface area contributed by atoms with Gasteiger partial charge in [-0.15, -0.1) is 0 Å². The third kappa shape index (κ3) is 2.69. The Labute approximate surface area is 150 Å². The monoisotopic (exact) mass is 351 g/mol. The number of benzene rings is 1. The first-order valence-electron chi connectivity index (χ1n) is 8.87. The minimum absolute atomic E-state index is 0.152. The fraction of sp³-hybridized carbons (Fsp3) is 0.368. The third-order valence-corrected chi connectivity index (χ3v) is 4.87. The van der Waals surface area contributed by atoms with Gasteiger partial charge in [0.1, 0.15) is 5.52 Å². The Kier molecular flexibility index (Phi) is 4.06. The molecule has 0 unspecified atom stereocenters. The first-order chi connectivity index (χ1) is 12.6. The number of piperidine rings is 1. The number of carbonyl (C=O) groups is 1. The molecule has 4 rings (SSSR count). The Morgan fingerprint density at radius 1 is 1.08 bits per heavy atom. The van der Waals surface area contributed by atoms with Crippen LogP contribution in [0, 0.1) is 6.92 Å². The highest BCUT2D eigenvalue weighted by Gasteiger charge is 2.26. The van der Waals surface area contributed by atoms with Gasteiger partial charge in [-0.3, -0.25) is 9.59 Å². The molecule has 3 aromatic rings. The van der Waals surface area contributed by atoms with E-state index in [-0.39, 0.29) is 17.2 Å². The van der Waals surface area contributed by atoms with Crippen LogP contribution in [0.3, 0.4) is 0 Å². The second-order valence-corrected chi connectivity index (χ2v) is 6.81. The fourth-order valence-corrected chi connectivity index (χ4v) is 3.35. The van der Waals surface area contributed by atoms with E-state index < -0.39 is 0 Å². The van der Waals surface area contributed by atoms with E-state index >= 15 is 0 Å². The number of carbonyl (C=O) groups excluding carboxylic acids is 1. The Morgan fingerprint density at radius 3 is 2.46 bits per heavy atom. The van der Waals surface area contributed by atoms with Crippen molar-refractivity contribution in [3.8, 4) is 5.69 Å². The molecule has 0 saturated carbocycles. The van der Waals surface area contributed by atoms with E-state index in [0.717, 1.165) is 43.6 Å². The standard InChI is InChI=1S/C19H21N5O2/c1-13-6-8-14(9-7-13)24-17-15(20-12-22(2)19(17)26)16(21-24)18(25)23-10-4-3-5-11-23/h6-9,12H,3-5,10-11H2,1-2H3. The van der Waals surface area contributed by atoms with Gasteiger partial charge in [0.15, 0.2) is 11.2 Å². The maximum Gasteiger partial charge on any atom is 0.279 e. The first kappa shape index (κ1) is 16.5. The number of hydrogen-bond donors (Lipinski definition) is 0. The van der Waals surface area contributed by atoms with E-state index in [0.29, 0.717) is 11.0 Å². The normalized spacial score (nSPS) is 14.8. The number of amides is 1. The zero-order chi connectivity index (χ0) is 18.3. The minimum Gasteiger partial charge on any atom is -0.337 e. The van der Waals surface area contributed by atoms with Crippen molar-refractivity contribution in [1.29, 1.82) is 0 Å². The van der Waals surface area contributed by atoms with Crippen LogP contribution in [0.15, 0.2) is 35.4 Å². The summed E-state index contributed by atoms with van der Waals surface area (Å²) in [4.78, 5) is 31.9. The van der Waals surface area contributed by atoms with Gasteiger partial charge in [0.05, 0.1) is 12.0 Å². The summed E-state index contributed by atoms with van der Waals surface area (Å²) in [6, 6.07) is 7.69. The van der Waals surface area contributed by atoms with E-state index in [1.54, 1.807) is 11.7 Å². The summed E-state index contributed by atoms with van der Waals surface area (Å²) in [5, 5.41) is 4.52. The van der Waals surface area contributed by atoms with Crippen molar-refractivity contribution >= 4 is 16.9 Å². The highest BCUT2D eigenvalue weighted by molar-refractivity contribution is 6.03. The van der Waals surface area contributed by atoms with E-state index in [4.69, 9.17) is 0 Å². The summed E-state index contributed by atoms with van der Waals surface area (Å²) in [7, 11) is 1.65. The Balaban J connectivity index is 1.92. The molecule has 0 spiro atoms. The van der Waals surface area contributed by atoms with Gasteiger partial charge in [0.2, 0.25) is 0 Å². The molecule has 2 aromatic heterocycles. The molecular weight excluding hydrogens is 330 g/mol. The van der Waals surface area contributed by atoms with Crippen LogP contribution in [-0.4, -0.2) is 43.2 Å². The lowest BCUT2D eigenvalue weighted by Gasteiger charge is -2.25. The summed E-state index contributed by atoms with van der Waals surface area (Å²) in [5.41, 5.74) is 2.58. The molecule has 3 heterocycles. The Bertz CT molecular complexity index is 1030. The molecule has 1 saturated heterocycles. The van der Waals surface area contributed by atoms with Crippen LogP contribution in [0.4, 0.5) is 0 Å².